The fraction of sp³-hybridized carbons (Fsp3) is 0.652. The first kappa shape index (κ1) is 27.3. The van der Waals surface area contributed by atoms with E-state index in [-0.39, 0.29) is 47.8 Å². The van der Waals surface area contributed by atoms with E-state index in [2.05, 4.69) is 0 Å². The molecule has 196 valence electrons. The van der Waals surface area contributed by atoms with Gasteiger partial charge >= 0.3 is 12.1 Å². The summed E-state index contributed by atoms with van der Waals surface area (Å²) in [5.74, 6) is -1.56. The van der Waals surface area contributed by atoms with Gasteiger partial charge in [0.25, 0.3) is 0 Å². The summed E-state index contributed by atoms with van der Waals surface area (Å²) < 4.78 is 73.0. The number of ether oxygens (including phenoxy) is 2. The van der Waals surface area contributed by atoms with E-state index in [0.29, 0.717) is 25.3 Å². The number of methoxy groups -OCH3 is 1. The van der Waals surface area contributed by atoms with E-state index >= 15 is 0 Å². The maximum Gasteiger partial charge on any atom is 0.414 e. The molecule has 3 atom stereocenters. The number of carbonyl (C=O) groups excluding carboxylic acids is 2. The fourth-order valence-electron chi connectivity index (χ4n) is 4.62. The number of esters is 1. The van der Waals surface area contributed by atoms with Crippen molar-refractivity contribution >= 4 is 27.4 Å². The highest BCUT2D eigenvalue weighted by atomic mass is 32.2. The molecule has 12 heteroatoms. The van der Waals surface area contributed by atoms with Gasteiger partial charge in [-0.3, -0.25) is 4.79 Å². The first-order chi connectivity index (χ1) is 16.2. The summed E-state index contributed by atoms with van der Waals surface area (Å²) in [5, 5.41) is 0. The highest BCUT2D eigenvalue weighted by Gasteiger charge is 2.45. The van der Waals surface area contributed by atoms with Crippen LogP contribution in [0.4, 0.5) is 18.9 Å². The molecule has 1 amide bonds. The largest absolute Gasteiger partial charge is 0.465 e. The third kappa shape index (κ3) is 6.08. The zero-order valence-corrected chi connectivity index (χ0v) is 21.0. The molecule has 0 bridgehead atoms. The van der Waals surface area contributed by atoms with Crippen molar-refractivity contribution in [3.63, 3.8) is 0 Å². The van der Waals surface area contributed by atoms with Crippen molar-refractivity contribution in [1.29, 1.82) is 0 Å². The number of anilines is 1. The molecule has 2 aliphatic rings. The van der Waals surface area contributed by atoms with E-state index < -0.39 is 34.0 Å². The Balaban J connectivity index is 1.78. The number of rotatable bonds is 5. The van der Waals surface area contributed by atoms with Crippen LogP contribution in [0.25, 0.3) is 0 Å². The van der Waals surface area contributed by atoms with E-state index in [9.17, 15) is 31.2 Å². The Morgan fingerprint density at radius 2 is 1.86 bits per heavy atom. The zero-order valence-electron chi connectivity index (χ0n) is 20.2. The minimum Gasteiger partial charge on any atom is -0.465 e. The van der Waals surface area contributed by atoms with Gasteiger partial charge in [-0.2, -0.15) is 13.2 Å². The van der Waals surface area contributed by atoms with Crippen molar-refractivity contribution in [2.75, 3.05) is 44.5 Å². The van der Waals surface area contributed by atoms with Crippen LogP contribution in [0.1, 0.15) is 37.0 Å². The number of halogens is 3. The second kappa shape index (κ2) is 10.3. The summed E-state index contributed by atoms with van der Waals surface area (Å²) in [5.41, 5.74) is 0.535. The molecule has 0 radical (unpaired) electrons. The van der Waals surface area contributed by atoms with Gasteiger partial charge in [0.1, 0.15) is 0 Å². The number of amides is 1. The predicted molar refractivity (Wildman–Crippen MR) is 122 cm³/mol. The van der Waals surface area contributed by atoms with Crippen LogP contribution in [0.2, 0.25) is 0 Å². The third-order valence-corrected chi connectivity index (χ3v) is 7.73. The predicted octanol–water partition coefficient (Wildman–Crippen LogP) is 2.91. The lowest BCUT2D eigenvalue weighted by Crippen LogP contribution is -2.59. The van der Waals surface area contributed by atoms with E-state index in [1.54, 1.807) is 11.0 Å². The molecule has 1 aromatic carbocycles. The van der Waals surface area contributed by atoms with Gasteiger partial charge in [0.05, 0.1) is 36.1 Å². The van der Waals surface area contributed by atoms with Crippen LogP contribution in [0.5, 0.6) is 0 Å². The molecule has 3 rings (SSSR count). The molecule has 2 aliphatic heterocycles. The summed E-state index contributed by atoms with van der Waals surface area (Å²) >= 11 is 0. The average Bonchev–Trinajstić information content (AvgIpc) is 2.81. The maximum absolute atomic E-state index is 13.2. The lowest BCUT2D eigenvalue weighted by atomic mass is 9.93. The van der Waals surface area contributed by atoms with Gasteiger partial charge in [-0.05, 0) is 37.0 Å². The first-order valence-corrected chi connectivity index (χ1v) is 13.3. The van der Waals surface area contributed by atoms with E-state index in [1.165, 1.54) is 19.2 Å². The number of nitrogens with zero attached hydrogens (tertiary/aromatic N) is 2. The number of piperazine rings is 1. The van der Waals surface area contributed by atoms with Crippen LogP contribution in [-0.4, -0.2) is 83.1 Å². The van der Waals surface area contributed by atoms with Gasteiger partial charge < -0.3 is 19.3 Å². The van der Waals surface area contributed by atoms with Crippen LogP contribution < -0.4 is 4.90 Å². The molecule has 0 aliphatic carbocycles. The number of sulfone groups is 1. The van der Waals surface area contributed by atoms with Crippen LogP contribution >= 0.6 is 0 Å². The molecule has 0 saturated carbocycles. The van der Waals surface area contributed by atoms with Gasteiger partial charge in [-0.15, -0.1) is 0 Å². The number of hydrogen-bond donors (Lipinski definition) is 0. The smallest absolute Gasteiger partial charge is 0.414 e. The van der Waals surface area contributed by atoms with E-state index in [4.69, 9.17) is 9.47 Å². The SMILES string of the molecule is COC(=O)c1ccc(N2CCN(C(=O)C3CCC(C(F)(F)F)OC3)[C@@H](C(C)C)C2)cc1S(C)(=O)=O. The van der Waals surface area contributed by atoms with Gasteiger partial charge in [-0.1, -0.05) is 13.8 Å². The van der Waals surface area contributed by atoms with E-state index in [0.717, 1.165) is 6.26 Å². The molecule has 0 N–H and O–H groups in total. The highest BCUT2D eigenvalue weighted by Crippen LogP contribution is 2.34. The van der Waals surface area contributed by atoms with Crippen molar-refractivity contribution in [3.05, 3.63) is 23.8 Å². The second-order valence-corrected chi connectivity index (χ2v) is 11.4. The second-order valence-electron chi connectivity index (χ2n) is 9.37. The Bertz CT molecular complexity index is 1050. The van der Waals surface area contributed by atoms with Crippen LogP contribution in [0.15, 0.2) is 23.1 Å². The molecule has 2 saturated heterocycles. The van der Waals surface area contributed by atoms with Gasteiger partial charge in [0.15, 0.2) is 15.9 Å². The normalized spacial score (nSPS) is 23.9. The van der Waals surface area contributed by atoms with Crippen LogP contribution in [-0.2, 0) is 24.1 Å². The monoisotopic (exact) mass is 520 g/mol. The molecular formula is C23H31F3N2O6S. The molecule has 35 heavy (non-hydrogen) atoms. The molecule has 1 aromatic rings. The number of alkyl halides is 3. The zero-order chi connectivity index (χ0) is 26.1. The summed E-state index contributed by atoms with van der Waals surface area (Å²) in [4.78, 5) is 28.8. The fourth-order valence-corrected chi connectivity index (χ4v) is 5.51. The topological polar surface area (TPSA) is 93.2 Å². The molecule has 2 fully saturated rings. The highest BCUT2D eigenvalue weighted by molar-refractivity contribution is 7.90. The third-order valence-electron chi connectivity index (χ3n) is 6.60. The standard InChI is InChI=1S/C23H31F3N2O6S/c1-14(2)18-12-27(16-6-7-17(22(30)33-3)19(11-16)35(4,31)32)9-10-28(18)21(29)15-5-8-20(34-13-15)23(24,25)26/h6-7,11,14-15,18,20H,5,8-10,12-13H2,1-4H3/t15?,18-,20?/m1/s1. The van der Waals surface area contributed by atoms with Crippen molar-refractivity contribution in [3.8, 4) is 0 Å². The molecule has 2 heterocycles. The van der Waals surface area contributed by atoms with Crippen molar-refractivity contribution in [1.82, 2.24) is 4.90 Å². The van der Waals surface area contributed by atoms with Gasteiger partial charge in [-0.25, -0.2) is 13.2 Å². The van der Waals surface area contributed by atoms with Crippen LogP contribution in [0.3, 0.4) is 0 Å². The minimum atomic E-state index is -4.44. The number of benzene rings is 1. The Morgan fingerprint density at radius 1 is 1.17 bits per heavy atom. The summed E-state index contributed by atoms with van der Waals surface area (Å²) in [7, 11) is -2.55. The molecule has 2 unspecified atom stereocenters. The van der Waals surface area contributed by atoms with E-state index in [1.807, 2.05) is 18.7 Å². The van der Waals surface area contributed by atoms with Gasteiger partial charge in [0.2, 0.25) is 5.91 Å². The van der Waals surface area contributed by atoms with Gasteiger partial charge in [0, 0.05) is 31.6 Å². The van der Waals surface area contributed by atoms with Crippen LogP contribution in [0, 0.1) is 11.8 Å². The number of carbonyl (C=O) groups is 2. The molecule has 0 aromatic heterocycles. The average molecular weight is 521 g/mol. The van der Waals surface area contributed by atoms with Crippen molar-refractivity contribution in [2.45, 2.75) is 49.9 Å². The quantitative estimate of drug-likeness (QED) is 0.551. The first-order valence-electron chi connectivity index (χ1n) is 11.4. The maximum atomic E-state index is 13.2. The lowest BCUT2D eigenvalue weighted by molar-refractivity contribution is -0.236. The molecule has 0 spiro atoms. The number of hydrogen-bond acceptors (Lipinski definition) is 7. The summed E-state index contributed by atoms with van der Waals surface area (Å²) in [6, 6.07) is 4.25. The Morgan fingerprint density at radius 3 is 2.37 bits per heavy atom. The summed E-state index contributed by atoms with van der Waals surface area (Å²) in [6.07, 6.45) is -5.38. The molecular weight excluding hydrogens is 489 g/mol. The lowest BCUT2D eigenvalue weighted by Gasteiger charge is -2.46. The summed E-state index contributed by atoms with van der Waals surface area (Å²) in [6.45, 7) is 4.77. The van der Waals surface area contributed by atoms with Crippen molar-refractivity contribution in [2.24, 2.45) is 11.8 Å². The van der Waals surface area contributed by atoms with Crippen molar-refractivity contribution < 1.29 is 40.7 Å². The minimum absolute atomic E-state index is 0.0397. The Kier molecular flexibility index (Phi) is 8.05. The Labute approximate surface area is 203 Å². The molecule has 8 nitrogen and oxygen atoms in total. The Hall–Kier alpha value is -2.34.